The van der Waals surface area contributed by atoms with Gasteiger partial charge in [0.2, 0.25) is 5.43 Å². The van der Waals surface area contributed by atoms with Crippen LogP contribution < -0.4 is 10.4 Å². The zero-order chi connectivity index (χ0) is 25.1. The lowest BCUT2D eigenvalue weighted by Crippen LogP contribution is -2.60. The van der Waals surface area contributed by atoms with Gasteiger partial charge in [-0.15, -0.1) is 11.8 Å². The summed E-state index contributed by atoms with van der Waals surface area (Å²) in [4.78, 5) is 27.0. The van der Waals surface area contributed by atoms with Crippen LogP contribution in [0.1, 0.15) is 52.3 Å². The van der Waals surface area contributed by atoms with E-state index in [1.807, 2.05) is 48.5 Å². The lowest BCUT2D eigenvalue weighted by Gasteiger charge is -2.46. The molecular formula is C25H22F3N3O3S. The monoisotopic (exact) mass is 501 g/mol. The molecule has 0 saturated carbocycles. The molecule has 2 aliphatic rings. The van der Waals surface area contributed by atoms with Gasteiger partial charge in [0.25, 0.3) is 5.91 Å². The van der Waals surface area contributed by atoms with Gasteiger partial charge in [0.05, 0.1) is 6.04 Å². The molecule has 0 aliphatic carbocycles. The molecule has 0 bridgehead atoms. The Bertz CT molecular complexity index is 1370. The van der Waals surface area contributed by atoms with Gasteiger partial charge in [0, 0.05) is 22.4 Å². The molecule has 1 amide bonds. The maximum Gasteiger partial charge on any atom is 0.408 e. The largest absolute Gasteiger partial charge is 0.502 e. The Morgan fingerprint density at radius 1 is 1.00 bits per heavy atom. The third-order valence-corrected chi connectivity index (χ3v) is 7.81. The lowest BCUT2D eigenvalue weighted by atomic mass is 9.92. The van der Waals surface area contributed by atoms with Crippen molar-refractivity contribution in [2.75, 3.05) is 11.7 Å². The molecule has 10 heteroatoms. The van der Waals surface area contributed by atoms with E-state index in [2.05, 4.69) is 6.92 Å². The van der Waals surface area contributed by atoms with E-state index in [-0.39, 0.29) is 5.25 Å². The number of aromatic hydroxyl groups is 1. The minimum atomic E-state index is -4.70. The molecule has 3 atom stereocenters. The summed E-state index contributed by atoms with van der Waals surface area (Å²) in [5.41, 5.74) is 1.41. The summed E-state index contributed by atoms with van der Waals surface area (Å²) < 4.78 is 42.7. The molecule has 0 spiro atoms. The highest BCUT2D eigenvalue weighted by molar-refractivity contribution is 7.99. The van der Waals surface area contributed by atoms with Crippen LogP contribution in [0, 0.1) is 0 Å². The zero-order valence-corrected chi connectivity index (χ0v) is 19.7. The van der Waals surface area contributed by atoms with Crippen molar-refractivity contribution in [1.29, 1.82) is 0 Å². The van der Waals surface area contributed by atoms with Gasteiger partial charge in [0.1, 0.15) is 12.7 Å². The third-order valence-electron chi connectivity index (χ3n) is 6.58. The Morgan fingerprint density at radius 3 is 2.31 bits per heavy atom. The van der Waals surface area contributed by atoms with Gasteiger partial charge in [-0.05, 0) is 36.6 Å². The Morgan fingerprint density at radius 2 is 1.63 bits per heavy atom. The van der Waals surface area contributed by atoms with E-state index in [0.29, 0.717) is 4.90 Å². The van der Waals surface area contributed by atoms with Crippen LogP contribution >= 0.6 is 11.8 Å². The van der Waals surface area contributed by atoms with Crippen LogP contribution in [0.4, 0.5) is 13.2 Å². The van der Waals surface area contributed by atoms with Crippen molar-refractivity contribution in [2.45, 2.75) is 42.3 Å². The molecule has 2 aromatic carbocycles. The van der Waals surface area contributed by atoms with Crippen molar-refractivity contribution in [1.82, 2.24) is 9.58 Å². The molecule has 5 rings (SSSR count). The molecule has 0 unspecified atom stereocenters. The first-order valence-corrected chi connectivity index (χ1v) is 11.9. The number of halogens is 3. The summed E-state index contributed by atoms with van der Waals surface area (Å²) in [7, 11) is 0. The summed E-state index contributed by atoms with van der Waals surface area (Å²) in [6.45, 7) is 2.56. The van der Waals surface area contributed by atoms with E-state index in [1.54, 1.807) is 16.8 Å². The fourth-order valence-electron chi connectivity index (χ4n) is 4.72. The topological polar surface area (TPSA) is 65.8 Å². The second kappa shape index (κ2) is 8.37. The van der Waals surface area contributed by atoms with Crippen LogP contribution in [0.2, 0.25) is 0 Å². The smallest absolute Gasteiger partial charge is 0.408 e. The van der Waals surface area contributed by atoms with Crippen molar-refractivity contribution in [3.05, 3.63) is 93.4 Å². The molecule has 182 valence electrons. The Labute approximate surface area is 203 Å². The van der Waals surface area contributed by atoms with Crippen molar-refractivity contribution < 1.29 is 23.1 Å². The number of hydrogen-bond acceptors (Lipinski definition) is 5. The van der Waals surface area contributed by atoms with Gasteiger partial charge >= 0.3 is 6.18 Å². The van der Waals surface area contributed by atoms with Gasteiger partial charge in [-0.1, -0.05) is 42.5 Å². The van der Waals surface area contributed by atoms with Crippen molar-refractivity contribution in [2.24, 2.45) is 0 Å². The summed E-state index contributed by atoms with van der Waals surface area (Å²) in [6.07, 6.45) is -3.37. The average Bonchev–Trinajstić information content (AvgIpc) is 2.94. The maximum atomic E-state index is 13.8. The van der Waals surface area contributed by atoms with Crippen LogP contribution in [0.5, 0.6) is 5.75 Å². The highest BCUT2D eigenvalue weighted by Gasteiger charge is 2.47. The number of nitrogens with zero attached hydrogens (tertiary/aromatic N) is 3. The summed E-state index contributed by atoms with van der Waals surface area (Å²) in [6, 6.07) is 13.7. The summed E-state index contributed by atoms with van der Waals surface area (Å²) in [5, 5.41) is 12.2. The lowest BCUT2D eigenvalue weighted by molar-refractivity contribution is -0.173. The highest BCUT2D eigenvalue weighted by Crippen LogP contribution is 2.48. The number of carbonyl (C=O) groups is 1. The Hall–Kier alpha value is -3.40. The maximum absolute atomic E-state index is 13.8. The van der Waals surface area contributed by atoms with Crippen molar-refractivity contribution >= 4 is 17.7 Å². The molecule has 0 saturated heterocycles. The van der Waals surface area contributed by atoms with E-state index in [4.69, 9.17) is 0 Å². The SMILES string of the molecule is C[C@H]1Sc2ccccc2[C@H](N2CN([C@H](C)C(F)(F)F)C(=O)c3c(O)c(=O)ccn32)c2ccccc21. The van der Waals surface area contributed by atoms with E-state index in [1.165, 1.54) is 10.9 Å². The number of alkyl halides is 3. The van der Waals surface area contributed by atoms with E-state index >= 15 is 0 Å². The first kappa shape index (κ1) is 23.3. The highest BCUT2D eigenvalue weighted by atomic mass is 32.2. The number of pyridine rings is 1. The van der Waals surface area contributed by atoms with Crippen LogP contribution in [0.3, 0.4) is 0 Å². The van der Waals surface area contributed by atoms with E-state index in [0.717, 1.165) is 34.6 Å². The molecule has 3 aromatic rings. The Kier molecular flexibility index (Phi) is 5.58. The predicted molar refractivity (Wildman–Crippen MR) is 126 cm³/mol. The van der Waals surface area contributed by atoms with Gasteiger partial charge in [-0.25, -0.2) is 0 Å². The second-order valence-corrected chi connectivity index (χ2v) is 10.0. The van der Waals surface area contributed by atoms with E-state index < -0.39 is 47.7 Å². The first-order chi connectivity index (χ1) is 16.6. The minimum absolute atomic E-state index is 0.0656. The van der Waals surface area contributed by atoms with Crippen LogP contribution in [-0.4, -0.2) is 39.5 Å². The summed E-state index contributed by atoms with van der Waals surface area (Å²) in [5.74, 6) is -1.93. The number of rotatable bonds is 2. The standard InChI is InChI=1S/C25H22F3N3O3S/c1-14-16-7-3-4-8-17(16)21(18-9-5-6-10-20(18)35-14)31-13-29(15(2)25(26,27)28)24(34)22-23(33)19(32)11-12-30(22)31/h3-12,14-15,21,33H,13H2,1-2H3/t14-,15-,21-/m1/s1. The average molecular weight is 502 g/mol. The van der Waals surface area contributed by atoms with Gasteiger partial charge < -0.3 is 10.0 Å². The van der Waals surface area contributed by atoms with E-state index in [9.17, 15) is 27.9 Å². The summed E-state index contributed by atoms with van der Waals surface area (Å²) >= 11 is 1.65. The first-order valence-electron chi connectivity index (χ1n) is 11.0. The number of fused-ring (bicyclic) bond motifs is 3. The number of carbonyl (C=O) groups excluding carboxylic acids is 1. The normalized spacial score (nSPS) is 20.5. The number of amides is 1. The third kappa shape index (κ3) is 3.76. The molecule has 2 aliphatic heterocycles. The quantitative estimate of drug-likeness (QED) is 0.546. The van der Waals surface area contributed by atoms with Gasteiger partial charge in [-0.2, -0.15) is 13.2 Å². The fraction of sp³-hybridized carbons (Fsp3) is 0.280. The molecular weight excluding hydrogens is 479 g/mol. The zero-order valence-electron chi connectivity index (χ0n) is 18.9. The van der Waals surface area contributed by atoms with Crippen LogP contribution in [0.25, 0.3) is 0 Å². The molecule has 3 heterocycles. The predicted octanol–water partition coefficient (Wildman–Crippen LogP) is 4.81. The minimum Gasteiger partial charge on any atom is -0.502 e. The van der Waals surface area contributed by atoms with Crippen molar-refractivity contribution in [3.63, 3.8) is 0 Å². The van der Waals surface area contributed by atoms with Crippen molar-refractivity contribution in [3.8, 4) is 5.75 Å². The molecule has 0 fully saturated rings. The number of benzene rings is 2. The Balaban J connectivity index is 1.79. The molecule has 35 heavy (non-hydrogen) atoms. The van der Waals surface area contributed by atoms with Gasteiger partial charge in [0.15, 0.2) is 11.4 Å². The molecule has 6 nitrogen and oxygen atoms in total. The second-order valence-electron chi connectivity index (χ2n) is 8.62. The molecule has 1 N–H and O–H groups in total. The molecule has 0 radical (unpaired) electrons. The molecule has 1 aromatic heterocycles. The van der Waals surface area contributed by atoms with Gasteiger partial charge in [-0.3, -0.25) is 19.3 Å². The number of aromatic nitrogens is 1. The van der Waals surface area contributed by atoms with Crippen LogP contribution in [-0.2, 0) is 0 Å². The number of thioether (sulfide) groups is 1. The van der Waals surface area contributed by atoms with Crippen LogP contribution in [0.15, 0.2) is 70.5 Å². The number of hydrogen-bond donors (Lipinski definition) is 1. The fourth-order valence-corrected chi connectivity index (χ4v) is 5.92.